The second-order valence-electron chi connectivity index (χ2n) is 5.59. The minimum Gasteiger partial charge on any atom is -0.497 e. The van der Waals surface area contributed by atoms with Crippen molar-refractivity contribution in [3.63, 3.8) is 0 Å². The van der Waals surface area contributed by atoms with Gasteiger partial charge >= 0.3 is 0 Å². The van der Waals surface area contributed by atoms with Crippen molar-refractivity contribution in [1.82, 2.24) is 10.1 Å². The Bertz CT molecular complexity index is 892. The third kappa shape index (κ3) is 4.60. The number of carbonyl (C=O) groups excluding carboxylic acids is 1. The van der Waals surface area contributed by atoms with Crippen molar-refractivity contribution in [2.45, 2.75) is 13.3 Å². The van der Waals surface area contributed by atoms with Crippen LogP contribution < -0.4 is 14.8 Å². The highest BCUT2D eigenvalue weighted by Crippen LogP contribution is 2.20. The summed E-state index contributed by atoms with van der Waals surface area (Å²) in [5.74, 6) is 2.05. The molecule has 3 rings (SSSR count). The van der Waals surface area contributed by atoms with Gasteiger partial charge in [-0.25, -0.2) is 0 Å². The van der Waals surface area contributed by atoms with Crippen molar-refractivity contribution in [2.24, 2.45) is 0 Å². The molecule has 7 nitrogen and oxygen atoms in total. The largest absolute Gasteiger partial charge is 0.497 e. The third-order valence-electron chi connectivity index (χ3n) is 3.61. The van der Waals surface area contributed by atoms with Crippen molar-refractivity contribution in [2.75, 3.05) is 19.0 Å². The zero-order valence-electron chi connectivity index (χ0n) is 14.6. The van der Waals surface area contributed by atoms with Gasteiger partial charge in [0.25, 0.3) is 5.91 Å². The Hall–Kier alpha value is -3.35. The Labute approximate surface area is 150 Å². The van der Waals surface area contributed by atoms with Crippen molar-refractivity contribution in [3.05, 3.63) is 65.8 Å². The number of aryl methyl sites for hydroxylation is 1. The van der Waals surface area contributed by atoms with Crippen LogP contribution in [0.2, 0.25) is 0 Å². The quantitative estimate of drug-likeness (QED) is 0.703. The maximum Gasteiger partial charge on any atom is 0.262 e. The lowest BCUT2D eigenvalue weighted by Gasteiger charge is -2.11. The van der Waals surface area contributed by atoms with Crippen molar-refractivity contribution in [1.29, 1.82) is 0 Å². The van der Waals surface area contributed by atoms with Crippen LogP contribution in [0.4, 0.5) is 5.69 Å². The number of ether oxygens (including phenoxy) is 2. The van der Waals surface area contributed by atoms with Gasteiger partial charge in [-0.2, -0.15) is 4.98 Å². The van der Waals surface area contributed by atoms with Gasteiger partial charge in [0.15, 0.2) is 12.4 Å². The summed E-state index contributed by atoms with van der Waals surface area (Å²) in [5.41, 5.74) is 1.56. The number of para-hydroxylation sites is 1. The maximum atomic E-state index is 12.2. The fourth-order valence-corrected chi connectivity index (χ4v) is 2.40. The van der Waals surface area contributed by atoms with E-state index in [1.807, 2.05) is 30.3 Å². The Morgan fingerprint density at radius 1 is 1.15 bits per heavy atom. The van der Waals surface area contributed by atoms with Crippen molar-refractivity contribution >= 4 is 11.6 Å². The summed E-state index contributed by atoms with van der Waals surface area (Å²) in [7, 11) is 1.58. The minimum absolute atomic E-state index is 0.110. The fraction of sp³-hybridized carbons (Fsp3) is 0.211. The summed E-state index contributed by atoms with van der Waals surface area (Å²) in [6.45, 7) is 1.65. The Morgan fingerprint density at radius 3 is 2.73 bits per heavy atom. The van der Waals surface area contributed by atoms with E-state index in [0.717, 1.165) is 5.56 Å². The van der Waals surface area contributed by atoms with Gasteiger partial charge < -0.3 is 19.3 Å². The zero-order valence-corrected chi connectivity index (χ0v) is 14.6. The Morgan fingerprint density at radius 2 is 1.96 bits per heavy atom. The summed E-state index contributed by atoms with van der Waals surface area (Å²) in [5, 5.41) is 6.63. The molecule has 0 aliphatic heterocycles. The first-order valence-electron chi connectivity index (χ1n) is 8.08. The number of nitrogens with one attached hydrogen (secondary N) is 1. The molecule has 3 aromatic rings. The molecule has 0 aliphatic carbocycles. The fourth-order valence-electron chi connectivity index (χ4n) is 2.40. The molecule has 0 unspecified atom stereocenters. The van der Waals surface area contributed by atoms with Crippen LogP contribution in [0.15, 0.2) is 53.1 Å². The molecular weight excluding hydrogens is 334 g/mol. The molecule has 134 valence electrons. The molecule has 1 aromatic heterocycles. The van der Waals surface area contributed by atoms with E-state index in [1.54, 1.807) is 32.2 Å². The highest BCUT2D eigenvalue weighted by Gasteiger charge is 2.11. The molecule has 0 fully saturated rings. The number of benzene rings is 2. The van der Waals surface area contributed by atoms with Crippen LogP contribution in [0.5, 0.6) is 11.5 Å². The van der Waals surface area contributed by atoms with Gasteiger partial charge in [-0.3, -0.25) is 4.79 Å². The van der Waals surface area contributed by atoms with Gasteiger partial charge in [-0.15, -0.1) is 0 Å². The Balaban J connectivity index is 1.62. The molecule has 7 heteroatoms. The molecule has 1 heterocycles. The van der Waals surface area contributed by atoms with Crippen molar-refractivity contribution < 1.29 is 18.8 Å². The van der Waals surface area contributed by atoms with Crippen LogP contribution in [0.3, 0.4) is 0 Å². The monoisotopic (exact) mass is 353 g/mol. The topological polar surface area (TPSA) is 86.5 Å². The third-order valence-corrected chi connectivity index (χ3v) is 3.61. The van der Waals surface area contributed by atoms with E-state index in [0.29, 0.717) is 35.3 Å². The van der Waals surface area contributed by atoms with Gasteiger partial charge in [0.1, 0.15) is 11.5 Å². The van der Waals surface area contributed by atoms with Gasteiger partial charge in [0.05, 0.1) is 13.5 Å². The SMILES string of the molecule is COc1cccc(OCC(=O)Nc2ccccc2Cc2nc(C)no2)c1. The highest BCUT2D eigenvalue weighted by molar-refractivity contribution is 5.92. The first kappa shape index (κ1) is 17.5. The van der Waals surface area contributed by atoms with E-state index in [-0.39, 0.29) is 12.5 Å². The number of hydrogen-bond acceptors (Lipinski definition) is 6. The number of carbonyl (C=O) groups is 1. The van der Waals surface area contributed by atoms with Crippen LogP contribution >= 0.6 is 0 Å². The van der Waals surface area contributed by atoms with Crippen LogP contribution in [0.1, 0.15) is 17.3 Å². The van der Waals surface area contributed by atoms with Crippen LogP contribution in [0, 0.1) is 6.92 Å². The van der Waals surface area contributed by atoms with E-state index in [2.05, 4.69) is 15.5 Å². The summed E-state index contributed by atoms with van der Waals surface area (Å²) >= 11 is 0. The molecule has 0 spiro atoms. The number of nitrogens with zero attached hydrogens (tertiary/aromatic N) is 2. The lowest BCUT2D eigenvalue weighted by atomic mass is 10.1. The lowest BCUT2D eigenvalue weighted by Crippen LogP contribution is -2.21. The number of hydrogen-bond donors (Lipinski definition) is 1. The maximum absolute atomic E-state index is 12.2. The predicted octanol–water partition coefficient (Wildman–Crippen LogP) is 2.99. The molecule has 0 atom stereocenters. The second-order valence-corrected chi connectivity index (χ2v) is 5.59. The molecule has 0 saturated heterocycles. The molecule has 0 radical (unpaired) electrons. The average molecular weight is 353 g/mol. The summed E-state index contributed by atoms with van der Waals surface area (Å²) in [6.07, 6.45) is 0.439. The molecule has 0 saturated carbocycles. The van der Waals surface area contributed by atoms with Gasteiger partial charge in [0.2, 0.25) is 5.89 Å². The van der Waals surface area contributed by atoms with E-state index in [9.17, 15) is 4.79 Å². The molecule has 2 aromatic carbocycles. The first-order chi connectivity index (χ1) is 12.6. The standard InChI is InChI=1S/C19H19N3O4/c1-13-20-19(26-22-13)10-14-6-3-4-9-17(14)21-18(23)12-25-16-8-5-7-15(11-16)24-2/h3-9,11H,10,12H2,1-2H3,(H,21,23). The van der Waals surface area contributed by atoms with E-state index >= 15 is 0 Å². The van der Waals surface area contributed by atoms with Crippen LogP contribution in [-0.4, -0.2) is 29.8 Å². The number of aromatic nitrogens is 2. The smallest absolute Gasteiger partial charge is 0.262 e. The van der Waals surface area contributed by atoms with Crippen molar-refractivity contribution in [3.8, 4) is 11.5 Å². The van der Waals surface area contributed by atoms with E-state index in [1.165, 1.54) is 0 Å². The molecule has 0 bridgehead atoms. The normalized spacial score (nSPS) is 10.4. The molecular formula is C19H19N3O4. The first-order valence-corrected chi connectivity index (χ1v) is 8.08. The second kappa shape index (κ2) is 8.15. The van der Waals surface area contributed by atoms with Gasteiger partial charge in [-0.1, -0.05) is 29.4 Å². The van der Waals surface area contributed by atoms with Crippen LogP contribution in [-0.2, 0) is 11.2 Å². The highest BCUT2D eigenvalue weighted by atomic mass is 16.5. The molecule has 1 N–H and O–H groups in total. The van der Waals surface area contributed by atoms with Gasteiger partial charge in [0, 0.05) is 11.8 Å². The number of amides is 1. The molecule has 0 aliphatic rings. The average Bonchev–Trinajstić information content (AvgIpc) is 3.06. The molecule has 26 heavy (non-hydrogen) atoms. The van der Waals surface area contributed by atoms with E-state index < -0.39 is 0 Å². The minimum atomic E-state index is -0.262. The summed E-state index contributed by atoms with van der Waals surface area (Å²) < 4.78 is 15.8. The summed E-state index contributed by atoms with van der Waals surface area (Å²) in [4.78, 5) is 16.4. The Kier molecular flexibility index (Phi) is 5.48. The van der Waals surface area contributed by atoms with Crippen LogP contribution in [0.25, 0.3) is 0 Å². The molecule has 1 amide bonds. The predicted molar refractivity (Wildman–Crippen MR) is 95.4 cm³/mol. The number of methoxy groups -OCH3 is 1. The number of rotatable bonds is 7. The number of anilines is 1. The van der Waals surface area contributed by atoms with E-state index in [4.69, 9.17) is 14.0 Å². The summed E-state index contributed by atoms with van der Waals surface area (Å²) in [6, 6.07) is 14.6. The van der Waals surface area contributed by atoms with Gasteiger partial charge in [-0.05, 0) is 30.7 Å². The lowest BCUT2D eigenvalue weighted by molar-refractivity contribution is -0.118. The zero-order chi connectivity index (χ0) is 18.4.